The van der Waals surface area contributed by atoms with Crippen LogP contribution in [-0.4, -0.2) is 44.5 Å². The Morgan fingerprint density at radius 1 is 1.06 bits per heavy atom. The van der Waals surface area contributed by atoms with E-state index >= 15 is 0 Å². The second-order valence-corrected chi connectivity index (χ2v) is 8.34. The first-order valence-electron chi connectivity index (χ1n) is 10.8. The van der Waals surface area contributed by atoms with Crippen molar-refractivity contribution >= 4 is 0 Å². The standard InChI is InChI=1S/C25H23F3N6O/c1-17-23(22-11-12-30-34(22)20-9-7-18(16-29)8-10-20)32(14-13-31(2)3)24(35)33(17)21-6-4-5-19(15-21)25(26,27)28/h4-12,15H,13-14H2,1-3H3. The lowest BCUT2D eigenvalue weighted by Crippen LogP contribution is -2.28. The second-order valence-electron chi connectivity index (χ2n) is 8.34. The number of aromatic nitrogens is 4. The fourth-order valence-corrected chi connectivity index (χ4v) is 3.98. The van der Waals surface area contributed by atoms with Crippen LogP contribution in [0.5, 0.6) is 0 Å². The van der Waals surface area contributed by atoms with Crippen molar-refractivity contribution in [2.45, 2.75) is 19.6 Å². The molecule has 4 rings (SSSR count). The van der Waals surface area contributed by atoms with Crippen LogP contribution in [0, 0.1) is 18.3 Å². The third-order valence-corrected chi connectivity index (χ3v) is 5.70. The highest BCUT2D eigenvalue weighted by molar-refractivity contribution is 5.63. The molecule has 4 aromatic rings. The fourth-order valence-electron chi connectivity index (χ4n) is 3.98. The molecule has 0 radical (unpaired) electrons. The predicted molar refractivity (Wildman–Crippen MR) is 126 cm³/mol. The summed E-state index contributed by atoms with van der Waals surface area (Å²) < 4.78 is 44.6. The Kier molecular flexibility index (Phi) is 6.37. The van der Waals surface area contributed by atoms with Crippen molar-refractivity contribution in [3.8, 4) is 28.8 Å². The third-order valence-electron chi connectivity index (χ3n) is 5.70. The summed E-state index contributed by atoms with van der Waals surface area (Å²) in [5.74, 6) is 0. The first-order chi connectivity index (χ1) is 16.6. The molecule has 0 aliphatic carbocycles. The summed E-state index contributed by atoms with van der Waals surface area (Å²) in [4.78, 5) is 15.5. The summed E-state index contributed by atoms with van der Waals surface area (Å²) in [6, 6.07) is 15.4. The molecule has 2 aromatic heterocycles. The van der Waals surface area contributed by atoms with Gasteiger partial charge < -0.3 is 4.90 Å². The Morgan fingerprint density at radius 3 is 2.40 bits per heavy atom. The number of hydrogen-bond donors (Lipinski definition) is 0. The van der Waals surface area contributed by atoms with Crippen molar-refractivity contribution in [2.75, 3.05) is 20.6 Å². The van der Waals surface area contributed by atoms with Gasteiger partial charge in [0, 0.05) is 13.1 Å². The minimum Gasteiger partial charge on any atom is -0.308 e. The quantitative estimate of drug-likeness (QED) is 0.414. The normalized spacial score (nSPS) is 11.7. The van der Waals surface area contributed by atoms with E-state index in [1.54, 1.807) is 52.7 Å². The summed E-state index contributed by atoms with van der Waals surface area (Å²) >= 11 is 0. The largest absolute Gasteiger partial charge is 0.416 e. The van der Waals surface area contributed by atoms with Crippen molar-refractivity contribution in [1.29, 1.82) is 5.26 Å². The first kappa shape index (κ1) is 24.0. The van der Waals surface area contributed by atoms with Gasteiger partial charge in [-0.3, -0.25) is 9.13 Å². The predicted octanol–water partition coefficient (Wildman–Crippen LogP) is 4.25. The van der Waals surface area contributed by atoms with E-state index in [9.17, 15) is 18.0 Å². The first-order valence-corrected chi connectivity index (χ1v) is 10.8. The molecule has 0 amide bonds. The van der Waals surface area contributed by atoms with Gasteiger partial charge in [-0.05, 0) is 69.6 Å². The van der Waals surface area contributed by atoms with E-state index in [4.69, 9.17) is 5.26 Å². The van der Waals surface area contributed by atoms with Crippen LogP contribution >= 0.6 is 0 Å². The average molecular weight is 480 g/mol. The number of nitriles is 1. The molecule has 2 heterocycles. The third kappa shape index (κ3) is 4.63. The second kappa shape index (κ2) is 9.27. The molecule has 0 aliphatic rings. The highest BCUT2D eigenvalue weighted by atomic mass is 19.4. The molecular weight excluding hydrogens is 457 g/mol. The number of hydrogen-bond acceptors (Lipinski definition) is 4. The van der Waals surface area contributed by atoms with Gasteiger partial charge in [-0.1, -0.05) is 6.07 Å². The Hall–Kier alpha value is -4.10. The van der Waals surface area contributed by atoms with Gasteiger partial charge in [-0.25, -0.2) is 9.48 Å². The lowest BCUT2D eigenvalue weighted by atomic mass is 10.1. The highest BCUT2D eigenvalue weighted by Gasteiger charge is 2.31. The molecule has 180 valence electrons. The van der Waals surface area contributed by atoms with Crippen LogP contribution in [0.1, 0.15) is 16.8 Å². The lowest BCUT2D eigenvalue weighted by Gasteiger charge is -2.14. The van der Waals surface area contributed by atoms with E-state index in [-0.39, 0.29) is 5.69 Å². The number of alkyl halides is 3. The molecule has 0 aliphatic heterocycles. The van der Waals surface area contributed by atoms with Gasteiger partial charge in [-0.15, -0.1) is 0 Å². The van der Waals surface area contributed by atoms with Gasteiger partial charge >= 0.3 is 11.9 Å². The molecule has 0 saturated heterocycles. The van der Waals surface area contributed by atoms with E-state index in [1.165, 1.54) is 16.7 Å². The number of rotatable bonds is 6. The Morgan fingerprint density at radius 2 is 1.77 bits per heavy atom. The van der Waals surface area contributed by atoms with Crippen LogP contribution in [0.4, 0.5) is 13.2 Å². The zero-order valence-corrected chi connectivity index (χ0v) is 19.4. The Labute approximate surface area is 199 Å². The van der Waals surface area contributed by atoms with Crippen LogP contribution in [0.15, 0.2) is 65.6 Å². The maximum absolute atomic E-state index is 13.6. The van der Waals surface area contributed by atoms with E-state index in [1.807, 2.05) is 19.0 Å². The van der Waals surface area contributed by atoms with Crippen LogP contribution in [-0.2, 0) is 12.7 Å². The summed E-state index contributed by atoms with van der Waals surface area (Å²) in [6.07, 6.45) is -2.94. The lowest BCUT2D eigenvalue weighted by molar-refractivity contribution is -0.137. The summed E-state index contributed by atoms with van der Waals surface area (Å²) in [5, 5.41) is 13.5. The number of benzene rings is 2. The minimum atomic E-state index is -4.53. The van der Waals surface area contributed by atoms with Crippen LogP contribution in [0.2, 0.25) is 0 Å². The van der Waals surface area contributed by atoms with Crippen molar-refractivity contribution in [3.05, 3.63) is 88.1 Å². The molecule has 0 N–H and O–H groups in total. The molecule has 0 saturated carbocycles. The number of halogens is 3. The summed E-state index contributed by atoms with van der Waals surface area (Å²) in [5.41, 5.74) is 1.70. The molecule has 0 bridgehead atoms. The molecule has 0 spiro atoms. The van der Waals surface area contributed by atoms with Crippen molar-refractivity contribution < 1.29 is 13.2 Å². The number of nitrogens with zero attached hydrogens (tertiary/aromatic N) is 6. The van der Waals surface area contributed by atoms with E-state index in [0.717, 1.165) is 12.1 Å². The molecule has 2 aromatic carbocycles. The molecule has 7 nitrogen and oxygen atoms in total. The molecule has 0 unspecified atom stereocenters. The van der Waals surface area contributed by atoms with Crippen LogP contribution in [0.25, 0.3) is 22.8 Å². The van der Waals surface area contributed by atoms with Crippen molar-refractivity contribution in [2.24, 2.45) is 0 Å². The van der Waals surface area contributed by atoms with Gasteiger partial charge in [0.25, 0.3) is 0 Å². The number of imidazole rings is 1. The van der Waals surface area contributed by atoms with E-state index < -0.39 is 17.4 Å². The minimum absolute atomic E-state index is 0.136. The van der Waals surface area contributed by atoms with Gasteiger partial charge in [0.15, 0.2) is 0 Å². The monoisotopic (exact) mass is 480 g/mol. The summed E-state index contributed by atoms with van der Waals surface area (Å²) in [7, 11) is 3.75. The van der Waals surface area contributed by atoms with Crippen molar-refractivity contribution in [1.82, 2.24) is 23.8 Å². The maximum Gasteiger partial charge on any atom is 0.416 e. The smallest absolute Gasteiger partial charge is 0.308 e. The Balaban J connectivity index is 1.93. The Bertz CT molecular complexity index is 1450. The van der Waals surface area contributed by atoms with Crippen molar-refractivity contribution in [3.63, 3.8) is 0 Å². The van der Waals surface area contributed by atoms with Gasteiger partial charge in [0.1, 0.15) is 0 Å². The van der Waals surface area contributed by atoms with Gasteiger partial charge in [0.05, 0.1) is 51.8 Å². The molecule has 35 heavy (non-hydrogen) atoms. The zero-order chi connectivity index (χ0) is 25.3. The van der Waals surface area contributed by atoms with Gasteiger partial charge in [0.2, 0.25) is 0 Å². The molecule has 0 atom stereocenters. The SMILES string of the molecule is Cc1c(-c2ccnn2-c2ccc(C#N)cc2)n(CCN(C)C)c(=O)n1-c1cccc(C(F)(F)F)c1. The van der Waals surface area contributed by atoms with E-state index in [2.05, 4.69) is 11.2 Å². The van der Waals surface area contributed by atoms with Crippen LogP contribution in [0.3, 0.4) is 0 Å². The number of likely N-dealkylation sites (N-methyl/N-ethyl adjacent to an activating group) is 1. The molecule has 0 fully saturated rings. The van der Waals surface area contributed by atoms with Gasteiger partial charge in [-0.2, -0.15) is 23.5 Å². The highest BCUT2D eigenvalue weighted by Crippen LogP contribution is 2.32. The van der Waals surface area contributed by atoms with Crippen LogP contribution < -0.4 is 5.69 Å². The van der Waals surface area contributed by atoms with E-state index in [0.29, 0.717) is 41.4 Å². The topological polar surface area (TPSA) is 71.8 Å². The fraction of sp³-hybridized carbons (Fsp3) is 0.240. The maximum atomic E-state index is 13.6. The molecular formula is C25H23F3N6O. The summed E-state index contributed by atoms with van der Waals surface area (Å²) in [6.45, 7) is 2.58. The average Bonchev–Trinajstić information content (AvgIpc) is 3.39. The zero-order valence-electron chi connectivity index (χ0n) is 19.4. The molecule has 10 heteroatoms.